The summed E-state index contributed by atoms with van der Waals surface area (Å²) in [5.74, 6) is 0.771. The topological polar surface area (TPSA) is 80.5 Å². The van der Waals surface area contributed by atoms with Gasteiger partial charge in [-0.15, -0.1) is 5.10 Å². The van der Waals surface area contributed by atoms with Gasteiger partial charge in [-0.3, -0.25) is 0 Å². The third-order valence-electron chi connectivity index (χ3n) is 3.34. The number of hydrogen-bond donors (Lipinski definition) is 1. The van der Waals surface area contributed by atoms with Gasteiger partial charge in [0.2, 0.25) is 0 Å². The van der Waals surface area contributed by atoms with Gasteiger partial charge >= 0.3 is 0 Å². The lowest BCUT2D eigenvalue weighted by Gasteiger charge is -2.27. The van der Waals surface area contributed by atoms with Crippen LogP contribution in [-0.2, 0) is 0 Å². The Morgan fingerprint density at radius 2 is 2.19 bits per heavy atom. The molecule has 0 saturated heterocycles. The molecule has 0 radical (unpaired) electrons. The monoisotopic (exact) mass is 219 g/mol. The smallest absolute Gasteiger partial charge is 0.182 e. The Labute approximate surface area is 95.2 Å². The van der Waals surface area contributed by atoms with Crippen LogP contribution < -0.4 is 5.73 Å². The first kappa shape index (κ1) is 11.1. The fourth-order valence-electron chi connectivity index (χ4n) is 2.40. The number of rotatable bonds is 3. The zero-order chi connectivity index (χ0) is 11.4. The molecule has 16 heavy (non-hydrogen) atoms. The highest BCUT2D eigenvalue weighted by molar-refractivity contribution is 5.12. The highest BCUT2D eigenvalue weighted by atomic mass is 15.5. The van der Waals surface area contributed by atoms with E-state index >= 15 is 0 Å². The number of nitrogens with zero attached hydrogens (tertiary/aromatic N) is 4. The molecule has 0 amide bonds. The first-order valence-electron chi connectivity index (χ1n) is 5.85. The Bertz CT molecular complexity index is 370. The number of aromatic nitrogens is 3. The van der Waals surface area contributed by atoms with Crippen molar-refractivity contribution in [3.8, 4) is 6.07 Å². The minimum Gasteiger partial charge on any atom is -0.330 e. The Kier molecular flexibility index (Phi) is 3.52. The molecule has 1 aromatic rings. The molecule has 86 valence electrons. The minimum absolute atomic E-state index is 0.371. The van der Waals surface area contributed by atoms with E-state index in [9.17, 15) is 0 Å². The molecule has 2 N–H and O–H groups in total. The van der Waals surface area contributed by atoms with E-state index in [0.717, 1.165) is 31.7 Å². The minimum atomic E-state index is 0.371. The fraction of sp³-hybridized carbons (Fsp3) is 0.727. The van der Waals surface area contributed by atoms with Crippen LogP contribution in [0.2, 0.25) is 0 Å². The fourth-order valence-corrected chi connectivity index (χ4v) is 2.40. The Morgan fingerprint density at radius 1 is 1.44 bits per heavy atom. The van der Waals surface area contributed by atoms with Gasteiger partial charge in [-0.1, -0.05) is 0 Å². The molecule has 1 aliphatic rings. The molecule has 1 aliphatic carbocycles. The van der Waals surface area contributed by atoms with Crippen LogP contribution in [0.5, 0.6) is 0 Å². The summed E-state index contributed by atoms with van der Waals surface area (Å²) < 4.78 is 0. The molecule has 0 spiro atoms. The second kappa shape index (κ2) is 5.08. The molecule has 0 aliphatic heterocycles. The summed E-state index contributed by atoms with van der Waals surface area (Å²) in [4.78, 5) is 1.71. The number of nitrogens with two attached hydrogens (primary N) is 1. The van der Waals surface area contributed by atoms with E-state index in [1.54, 1.807) is 4.80 Å². The molecule has 1 fully saturated rings. The zero-order valence-electron chi connectivity index (χ0n) is 9.34. The summed E-state index contributed by atoms with van der Waals surface area (Å²) in [6.45, 7) is 0.786. The van der Waals surface area contributed by atoms with Crippen LogP contribution in [0.1, 0.15) is 43.8 Å². The summed E-state index contributed by atoms with van der Waals surface area (Å²) in [6, 6.07) is 2.38. The molecule has 5 nitrogen and oxygen atoms in total. The maximum absolute atomic E-state index is 8.68. The van der Waals surface area contributed by atoms with Gasteiger partial charge in [0.25, 0.3) is 0 Å². The Morgan fingerprint density at radius 3 is 2.75 bits per heavy atom. The molecule has 0 aromatic carbocycles. The average Bonchev–Trinajstić information content (AvgIpc) is 2.79. The van der Waals surface area contributed by atoms with E-state index < -0.39 is 0 Å². The first-order chi connectivity index (χ1) is 7.83. The third kappa shape index (κ3) is 2.39. The van der Waals surface area contributed by atoms with Crippen LogP contribution in [0.15, 0.2) is 6.20 Å². The van der Waals surface area contributed by atoms with Gasteiger partial charge in [0.15, 0.2) is 5.69 Å². The van der Waals surface area contributed by atoms with E-state index in [2.05, 4.69) is 10.2 Å². The van der Waals surface area contributed by atoms with Gasteiger partial charge in [0.1, 0.15) is 6.07 Å². The first-order valence-corrected chi connectivity index (χ1v) is 5.85. The lowest BCUT2D eigenvalue weighted by Crippen LogP contribution is -2.21. The van der Waals surface area contributed by atoms with Gasteiger partial charge in [-0.2, -0.15) is 15.2 Å². The standard InChI is InChI=1S/C11H17N5/c12-6-5-9-1-3-11(4-2-9)16-14-8-10(7-13)15-16/h8-9,11H,1-6,12H2. The van der Waals surface area contributed by atoms with Crippen molar-refractivity contribution >= 4 is 0 Å². The highest BCUT2D eigenvalue weighted by Crippen LogP contribution is 2.32. The van der Waals surface area contributed by atoms with Crippen molar-refractivity contribution in [2.45, 2.75) is 38.1 Å². The van der Waals surface area contributed by atoms with Gasteiger partial charge in [-0.25, -0.2) is 0 Å². The molecule has 0 unspecified atom stereocenters. The predicted octanol–water partition coefficient (Wildman–Crippen LogP) is 1.23. The molecule has 0 bridgehead atoms. The predicted molar refractivity (Wildman–Crippen MR) is 59.4 cm³/mol. The van der Waals surface area contributed by atoms with Gasteiger partial charge in [0, 0.05) is 0 Å². The van der Waals surface area contributed by atoms with Crippen molar-refractivity contribution in [2.24, 2.45) is 11.7 Å². The van der Waals surface area contributed by atoms with Crippen LogP contribution in [0, 0.1) is 17.2 Å². The molecule has 2 rings (SSSR count). The molecule has 1 saturated carbocycles. The normalized spacial score (nSPS) is 25.2. The highest BCUT2D eigenvalue weighted by Gasteiger charge is 2.23. The second-order valence-electron chi connectivity index (χ2n) is 4.41. The van der Waals surface area contributed by atoms with Gasteiger partial charge in [-0.05, 0) is 44.6 Å². The van der Waals surface area contributed by atoms with Crippen LogP contribution in [0.3, 0.4) is 0 Å². The lowest BCUT2D eigenvalue weighted by molar-refractivity contribution is 0.237. The zero-order valence-corrected chi connectivity index (χ0v) is 9.34. The van der Waals surface area contributed by atoms with E-state index in [4.69, 9.17) is 11.0 Å². The summed E-state index contributed by atoms with van der Waals surface area (Å²) >= 11 is 0. The molecule has 0 atom stereocenters. The quantitative estimate of drug-likeness (QED) is 0.829. The molecular formula is C11H17N5. The van der Waals surface area contributed by atoms with E-state index in [-0.39, 0.29) is 0 Å². The number of hydrogen-bond acceptors (Lipinski definition) is 4. The van der Waals surface area contributed by atoms with Crippen LogP contribution in [0.4, 0.5) is 0 Å². The van der Waals surface area contributed by atoms with E-state index in [0.29, 0.717) is 11.7 Å². The third-order valence-corrected chi connectivity index (χ3v) is 3.34. The van der Waals surface area contributed by atoms with Crippen molar-refractivity contribution in [3.05, 3.63) is 11.9 Å². The Hall–Kier alpha value is -1.41. The van der Waals surface area contributed by atoms with Crippen molar-refractivity contribution in [2.75, 3.05) is 6.54 Å². The molecular weight excluding hydrogens is 202 g/mol. The van der Waals surface area contributed by atoms with E-state index in [1.165, 1.54) is 19.0 Å². The number of nitriles is 1. The summed E-state index contributed by atoms with van der Waals surface area (Å²) in [5, 5.41) is 17.0. The van der Waals surface area contributed by atoms with Crippen LogP contribution in [0.25, 0.3) is 0 Å². The van der Waals surface area contributed by atoms with Crippen LogP contribution in [-0.4, -0.2) is 21.5 Å². The Balaban J connectivity index is 1.91. The summed E-state index contributed by atoms with van der Waals surface area (Å²) in [6.07, 6.45) is 7.26. The SMILES string of the molecule is N#Cc1cnn(C2CCC(CCN)CC2)n1. The molecule has 5 heteroatoms. The van der Waals surface area contributed by atoms with E-state index in [1.807, 2.05) is 6.07 Å². The summed E-state index contributed by atoms with van der Waals surface area (Å²) in [5.41, 5.74) is 5.97. The maximum Gasteiger partial charge on any atom is 0.182 e. The van der Waals surface area contributed by atoms with Crippen molar-refractivity contribution < 1.29 is 0 Å². The molecule has 1 aromatic heterocycles. The second-order valence-corrected chi connectivity index (χ2v) is 4.41. The van der Waals surface area contributed by atoms with Gasteiger partial charge < -0.3 is 5.73 Å². The largest absolute Gasteiger partial charge is 0.330 e. The maximum atomic E-state index is 8.68. The lowest BCUT2D eigenvalue weighted by atomic mass is 9.84. The summed E-state index contributed by atoms with van der Waals surface area (Å²) in [7, 11) is 0. The van der Waals surface area contributed by atoms with Crippen LogP contribution >= 0.6 is 0 Å². The van der Waals surface area contributed by atoms with Crippen molar-refractivity contribution in [1.29, 1.82) is 5.26 Å². The molecule has 1 heterocycles. The van der Waals surface area contributed by atoms with Crippen molar-refractivity contribution in [1.82, 2.24) is 15.0 Å². The van der Waals surface area contributed by atoms with Gasteiger partial charge in [0.05, 0.1) is 12.2 Å². The van der Waals surface area contributed by atoms with Crippen molar-refractivity contribution in [3.63, 3.8) is 0 Å². The average molecular weight is 219 g/mol.